The molecule has 0 aliphatic carbocycles. The molecule has 0 amide bonds. The van der Waals surface area contributed by atoms with Crippen molar-refractivity contribution in [1.29, 1.82) is 0 Å². The van der Waals surface area contributed by atoms with E-state index in [1.165, 1.54) is 16.7 Å². The minimum absolute atomic E-state index is 0.752. The highest BCUT2D eigenvalue weighted by Crippen LogP contribution is 2.09. The Morgan fingerprint density at radius 1 is 1.03 bits per heavy atom. The second kappa shape index (κ2) is 11.2. The highest BCUT2D eigenvalue weighted by molar-refractivity contribution is 5.79. The summed E-state index contributed by atoms with van der Waals surface area (Å²) in [6, 6.07) is 19.1. The van der Waals surface area contributed by atoms with Gasteiger partial charge in [-0.25, -0.2) is 4.68 Å². The molecule has 6 nitrogen and oxygen atoms in total. The second-order valence-corrected chi connectivity index (χ2v) is 7.37. The summed E-state index contributed by atoms with van der Waals surface area (Å²) < 4.78 is 1.86. The second-order valence-electron chi connectivity index (χ2n) is 7.37. The third-order valence-corrected chi connectivity index (χ3v) is 5.08. The lowest BCUT2D eigenvalue weighted by Gasteiger charge is -2.15. The molecule has 0 aliphatic heterocycles. The maximum Gasteiger partial charge on any atom is 0.191 e. The van der Waals surface area contributed by atoms with Crippen molar-refractivity contribution in [2.45, 2.75) is 26.4 Å². The zero-order chi connectivity index (χ0) is 21.2. The quantitative estimate of drug-likeness (QED) is 0.425. The molecule has 0 aliphatic rings. The smallest absolute Gasteiger partial charge is 0.191 e. The molecule has 0 atom stereocenters. The van der Waals surface area contributed by atoms with Gasteiger partial charge < -0.3 is 15.5 Å². The van der Waals surface area contributed by atoms with Crippen molar-refractivity contribution in [3.63, 3.8) is 0 Å². The van der Waals surface area contributed by atoms with E-state index in [9.17, 15) is 0 Å². The summed E-state index contributed by atoms with van der Waals surface area (Å²) in [6.07, 6.45) is 4.67. The van der Waals surface area contributed by atoms with Crippen molar-refractivity contribution in [1.82, 2.24) is 25.3 Å². The van der Waals surface area contributed by atoms with E-state index in [1.54, 1.807) is 13.2 Å². The van der Waals surface area contributed by atoms with E-state index in [2.05, 4.69) is 88.1 Å². The lowest BCUT2D eigenvalue weighted by atomic mass is 10.1. The Bertz CT molecular complexity index is 915. The minimum atomic E-state index is 0.752. The Balaban J connectivity index is 1.44. The first kappa shape index (κ1) is 21.6. The first-order chi connectivity index (χ1) is 14.7. The fourth-order valence-electron chi connectivity index (χ4n) is 3.23. The molecule has 0 radical (unpaired) electrons. The van der Waals surface area contributed by atoms with Gasteiger partial charge >= 0.3 is 0 Å². The van der Waals surface area contributed by atoms with E-state index < -0.39 is 0 Å². The van der Waals surface area contributed by atoms with Gasteiger partial charge in [-0.2, -0.15) is 5.10 Å². The first-order valence-corrected chi connectivity index (χ1v) is 10.5. The van der Waals surface area contributed by atoms with E-state index in [4.69, 9.17) is 0 Å². The number of hydrogen-bond donors (Lipinski definition) is 2. The third kappa shape index (κ3) is 6.46. The van der Waals surface area contributed by atoms with Gasteiger partial charge in [0.05, 0.1) is 5.69 Å². The van der Waals surface area contributed by atoms with Crippen LogP contribution in [0.1, 0.15) is 23.6 Å². The van der Waals surface area contributed by atoms with Gasteiger partial charge in [-0.15, -0.1) is 0 Å². The maximum atomic E-state index is 4.34. The standard InChI is InChI=1S/C24H32N6/c1-4-29(3)19-22-8-5-7-21(17-22)18-27-24(25-2)26-15-13-20-9-11-23(12-10-20)30-16-6-14-28-30/h5-12,14,16-17H,4,13,15,18-19H2,1-3H3,(H2,25,26,27). The number of nitrogens with zero attached hydrogens (tertiary/aromatic N) is 4. The van der Waals surface area contributed by atoms with Gasteiger partial charge in [-0.05, 0) is 54.9 Å². The fourth-order valence-corrected chi connectivity index (χ4v) is 3.23. The van der Waals surface area contributed by atoms with E-state index in [0.717, 1.165) is 44.2 Å². The van der Waals surface area contributed by atoms with Crippen LogP contribution in [0.25, 0.3) is 5.69 Å². The van der Waals surface area contributed by atoms with Crippen LogP contribution in [-0.4, -0.2) is 47.8 Å². The monoisotopic (exact) mass is 404 g/mol. The van der Waals surface area contributed by atoms with Crippen molar-refractivity contribution in [3.8, 4) is 5.69 Å². The Kier molecular flexibility index (Phi) is 8.03. The summed E-state index contributed by atoms with van der Waals surface area (Å²) in [5.74, 6) is 0.819. The lowest BCUT2D eigenvalue weighted by molar-refractivity contribution is 0.345. The number of rotatable bonds is 9. The molecule has 30 heavy (non-hydrogen) atoms. The Labute approximate surface area is 179 Å². The highest BCUT2D eigenvalue weighted by atomic mass is 15.3. The normalized spacial score (nSPS) is 11.7. The van der Waals surface area contributed by atoms with Crippen LogP contribution >= 0.6 is 0 Å². The maximum absolute atomic E-state index is 4.34. The van der Waals surface area contributed by atoms with Crippen molar-refractivity contribution in [3.05, 3.63) is 83.7 Å². The van der Waals surface area contributed by atoms with Crippen LogP contribution in [0.4, 0.5) is 0 Å². The minimum Gasteiger partial charge on any atom is -0.356 e. The molecule has 2 N–H and O–H groups in total. The molecule has 6 heteroatoms. The molecule has 3 rings (SSSR count). The van der Waals surface area contributed by atoms with Crippen LogP contribution in [0.5, 0.6) is 0 Å². The Morgan fingerprint density at radius 3 is 2.53 bits per heavy atom. The molecule has 0 fully saturated rings. The Hall–Kier alpha value is -3.12. The van der Waals surface area contributed by atoms with Gasteiger partial charge in [0, 0.05) is 39.1 Å². The largest absolute Gasteiger partial charge is 0.356 e. The summed E-state index contributed by atoms with van der Waals surface area (Å²) in [4.78, 5) is 6.64. The summed E-state index contributed by atoms with van der Waals surface area (Å²) in [5.41, 5.74) is 4.94. The van der Waals surface area contributed by atoms with Crippen molar-refractivity contribution in [2.24, 2.45) is 4.99 Å². The molecule has 0 spiro atoms. The zero-order valence-electron chi connectivity index (χ0n) is 18.2. The number of hydrogen-bond acceptors (Lipinski definition) is 3. The van der Waals surface area contributed by atoms with Crippen molar-refractivity contribution in [2.75, 3.05) is 27.2 Å². The van der Waals surface area contributed by atoms with Crippen LogP contribution in [0.2, 0.25) is 0 Å². The van der Waals surface area contributed by atoms with Gasteiger partial charge in [-0.3, -0.25) is 4.99 Å². The topological polar surface area (TPSA) is 57.5 Å². The van der Waals surface area contributed by atoms with Crippen molar-refractivity contribution >= 4 is 5.96 Å². The molecular weight excluding hydrogens is 372 g/mol. The average Bonchev–Trinajstić information content (AvgIpc) is 3.31. The molecule has 3 aromatic rings. The van der Waals surface area contributed by atoms with Gasteiger partial charge in [0.15, 0.2) is 5.96 Å². The van der Waals surface area contributed by atoms with E-state index >= 15 is 0 Å². The predicted molar refractivity (Wildman–Crippen MR) is 124 cm³/mol. The number of nitrogens with one attached hydrogen (secondary N) is 2. The van der Waals surface area contributed by atoms with E-state index in [0.29, 0.717) is 0 Å². The van der Waals surface area contributed by atoms with Crippen LogP contribution in [0.3, 0.4) is 0 Å². The van der Waals surface area contributed by atoms with E-state index in [-0.39, 0.29) is 0 Å². The van der Waals surface area contributed by atoms with Gasteiger partial charge in [0.2, 0.25) is 0 Å². The van der Waals surface area contributed by atoms with Gasteiger partial charge in [0.25, 0.3) is 0 Å². The molecule has 0 bridgehead atoms. The number of aromatic nitrogens is 2. The zero-order valence-corrected chi connectivity index (χ0v) is 18.2. The molecule has 158 valence electrons. The summed E-state index contributed by atoms with van der Waals surface area (Å²) in [5, 5.41) is 11.1. The van der Waals surface area contributed by atoms with Crippen LogP contribution in [0, 0.1) is 0 Å². The highest BCUT2D eigenvalue weighted by Gasteiger charge is 2.02. The van der Waals surface area contributed by atoms with Crippen LogP contribution < -0.4 is 10.6 Å². The summed E-state index contributed by atoms with van der Waals surface area (Å²) in [7, 11) is 3.95. The predicted octanol–water partition coefficient (Wildman–Crippen LogP) is 3.23. The molecular formula is C24H32N6. The van der Waals surface area contributed by atoms with Crippen LogP contribution in [0.15, 0.2) is 72.0 Å². The Morgan fingerprint density at radius 2 is 1.83 bits per heavy atom. The van der Waals surface area contributed by atoms with E-state index in [1.807, 2.05) is 16.9 Å². The number of aliphatic imine (C=N–C) groups is 1. The van der Waals surface area contributed by atoms with Gasteiger partial charge in [-0.1, -0.05) is 43.3 Å². The molecule has 0 saturated heterocycles. The summed E-state index contributed by atoms with van der Waals surface area (Å²) in [6.45, 7) is 5.76. The fraction of sp³-hybridized carbons (Fsp3) is 0.333. The molecule has 1 aromatic heterocycles. The van der Waals surface area contributed by atoms with Crippen LogP contribution in [-0.2, 0) is 19.5 Å². The molecule has 2 aromatic carbocycles. The molecule has 0 unspecified atom stereocenters. The van der Waals surface area contributed by atoms with Crippen molar-refractivity contribution < 1.29 is 0 Å². The number of guanidine groups is 1. The average molecular weight is 405 g/mol. The van der Waals surface area contributed by atoms with Gasteiger partial charge in [0.1, 0.15) is 0 Å². The summed E-state index contributed by atoms with van der Waals surface area (Å²) >= 11 is 0. The third-order valence-electron chi connectivity index (χ3n) is 5.08. The first-order valence-electron chi connectivity index (χ1n) is 10.5. The number of benzene rings is 2. The molecule has 1 heterocycles. The SMILES string of the molecule is CCN(C)Cc1cccc(CNC(=NC)NCCc2ccc(-n3cccn3)cc2)c1. The molecule has 0 saturated carbocycles. The lowest BCUT2D eigenvalue weighted by Crippen LogP contribution is -2.37.